The van der Waals surface area contributed by atoms with Crippen molar-refractivity contribution in [3.63, 3.8) is 0 Å². The number of hydrogen-bond donors (Lipinski definition) is 0. The minimum atomic E-state index is -5.03. The first kappa shape index (κ1) is 16.6. The van der Waals surface area contributed by atoms with E-state index in [4.69, 9.17) is 0 Å². The van der Waals surface area contributed by atoms with Gasteiger partial charge < -0.3 is 9.29 Å². The molecule has 1 atom stereocenters. The van der Waals surface area contributed by atoms with Crippen molar-refractivity contribution in [3.8, 4) is 0 Å². The zero-order chi connectivity index (χ0) is 10.7. The predicted octanol–water partition coefficient (Wildman–Crippen LogP) is -2.61. The maximum atomic E-state index is 11.4. The second kappa shape index (κ2) is 5.94. The molecular weight excluding hydrogens is 224 g/mol. The van der Waals surface area contributed by atoms with Gasteiger partial charge in [-0.05, 0) is 6.92 Å². The van der Waals surface area contributed by atoms with Crippen LogP contribution in [0.4, 0.5) is 13.2 Å². The van der Waals surface area contributed by atoms with E-state index in [1.807, 2.05) is 0 Å². The monoisotopic (exact) mass is 230 g/mol. The Labute approximate surface area is 90.7 Å². The van der Waals surface area contributed by atoms with Gasteiger partial charge in [0.15, 0.2) is 6.29 Å². The van der Waals surface area contributed by atoms with E-state index in [0.717, 1.165) is 6.92 Å². The summed E-state index contributed by atoms with van der Waals surface area (Å²) >= 11 is 0. The molecule has 5 nitrogen and oxygen atoms in total. The molecule has 0 N–H and O–H groups in total. The molecule has 0 rings (SSSR count). The van der Waals surface area contributed by atoms with Gasteiger partial charge in [0, 0.05) is 0 Å². The van der Waals surface area contributed by atoms with Crippen molar-refractivity contribution in [1.82, 2.24) is 0 Å². The van der Waals surface area contributed by atoms with Gasteiger partial charge in [-0.2, -0.15) is 13.2 Å². The van der Waals surface area contributed by atoms with Gasteiger partial charge in [0.25, 0.3) is 0 Å². The Morgan fingerprint density at radius 3 is 2.14 bits per heavy atom. The van der Waals surface area contributed by atoms with E-state index >= 15 is 0 Å². The van der Waals surface area contributed by atoms with Crippen LogP contribution in [0.1, 0.15) is 6.92 Å². The first-order valence-corrected chi connectivity index (χ1v) is 4.26. The molecule has 0 aliphatic carbocycles. The smallest absolute Gasteiger partial charge is 0.725 e. The molecule has 0 aromatic rings. The number of rotatable bonds is 4. The van der Waals surface area contributed by atoms with Crippen molar-refractivity contribution < 1.29 is 53.9 Å². The van der Waals surface area contributed by atoms with Crippen LogP contribution in [0.25, 0.3) is 0 Å². The molecule has 0 aromatic heterocycles. The van der Waals surface area contributed by atoms with Gasteiger partial charge in [-0.1, -0.05) is 0 Å². The van der Waals surface area contributed by atoms with E-state index in [2.05, 4.69) is 8.92 Å². The van der Waals surface area contributed by atoms with Crippen molar-refractivity contribution >= 4 is 10.4 Å². The molecule has 14 heavy (non-hydrogen) atoms. The molecule has 1 unspecified atom stereocenters. The summed E-state index contributed by atoms with van der Waals surface area (Å²) < 4.78 is 71.2. The van der Waals surface area contributed by atoms with Crippen molar-refractivity contribution in [2.45, 2.75) is 19.4 Å². The molecule has 0 saturated carbocycles. The van der Waals surface area contributed by atoms with E-state index < -0.39 is 29.5 Å². The Kier molecular flexibility index (Phi) is 7.07. The van der Waals surface area contributed by atoms with E-state index in [-0.39, 0.29) is 18.9 Å². The molecular formula is C4H6F3LiO5S. The number of alkyl halides is 3. The summed E-state index contributed by atoms with van der Waals surface area (Å²) in [6, 6.07) is 0. The zero-order valence-electron chi connectivity index (χ0n) is 7.37. The predicted molar refractivity (Wildman–Crippen MR) is 32.3 cm³/mol. The van der Waals surface area contributed by atoms with Gasteiger partial charge in [0.2, 0.25) is 10.4 Å². The maximum absolute atomic E-state index is 11.4. The van der Waals surface area contributed by atoms with Crippen molar-refractivity contribution in [3.05, 3.63) is 0 Å². The van der Waals surface area contributed by atoms with Gasteiger partial charge in [-0.25, -0.2) is 12.6 Å². The molecule has 10 heteroatoms. The summed E-state index contributed by atoms with van der Waals surface area (Å²) in [7, 11) is -5.03. The van der Waals surface area contributed by atoms with Gasteiger partial charge in [-0.15, -0.1) is 0 Å². The zero-order valence-corrected chi connectivity index (χ0v) is 8.18. The molecule has 0 radical (unpaired) electrons. The van der Waals surface area contributed by atoms with Gasteiger partial charge in [-0.3, -0.25) is 0 Å². The summed E-state index contributed by atoms with van der Waals surface area (Å²) in [5, 5.41) is 0. The molecule has 0 fully saturated rings. The molecule has 0 aliphatic heterocycles. The Bertz CT molecular complexity index is 250. The first-order chi connectivity index (χ1) is 5.60. The van der Waals surface area contributed by atoms with Crippen LogP contribution in [0.5, 0.6) is 0 Å². The molecule has 0 spiro atoms. The van der Waals surface area contributed by atoms with Crippen LogP contribution in [0, 0.1) is 0 Å². The SMILES string of the molecule is CC(OCC(F)(F)F)OS(=O)(=O)[O-].[Li+]. The minimum absolute atomic E-state index is 0. The largest absolute Gasteiger partial charge is 1.00 e. The molecule has 0 aliphatic rings. The fraction of sp³-hybridized carbons (Fsp3) is 1.00. The van der Waals surface area contributed by atoms with E-state index in [9.17, 15) is 26.1 Å². The maximum Gasteiger partial charge on any atom is 1.00 e. The number of halogens is 3. The average Bonchev–Trinajstić information content (AvgIpc) is 1.78. The van der Waals surface area contributed by atoms with Gasteiger partial charge in [0.05, 0.1) is 0 Å². The standard InChI is InChI=1S/C4H7F3O5S.Li/c1-3(12-13(8,9)10)11-2-4(5,6)7;/h3H,2H2,1H3,(H,8,9,10);/q;+1/p-1. The minimum Gasteiger partial charge on any atom is -0.725 e. The van der Waals surface area contributed by atoms with Gasteiger partial charge in [0.1, 0.15) is 6.61 Å². The average molecular weight is 230 g/mol. The van der Waals surface area contributed by atoms with E-state index in [1.54, 1.807) is 0 Å². The van der Waals surface area contributed by atoms with Gasteiger partial charge >= 0.3 is 25.0 Å². The fourth-order valence-corrected chi connectivity index (χ4v) is 0.793. The van der Waals surface area contributed by atoms with Crippen LogP contribution in [0.3, 0.4) is 0 Å². The number of hydrogen-bond acceptors (Lipinski definition) is 5. The van der Waals surface area contributed by atoms with Crippen LogP contribution in [0.15, 0.2) is 0 Å². The third-order valence-electron chi connectivity index (χ3n) is 0.735. The van der Waals surface area contributed by atoms with Crippen LogP contribution in [-0.2, 0) is 19.3 Å². The Balaban J connectivity index is 0. The van der Waals surface area contributed by atoms with Crippen LogP contribution >= 0.6 is 0 Å². The topological polar surface area (TPSA) is 75.7 Å². The quantitative estimate of drug-likeness (QED) is 0.229. The van der Waals surface area contributed by atoms with Crippen LogP contribution in [-0.4, -0.2) is 32.0 Å². The molecule has 0 amide bonds. The Morgan fingerprint density at radius 2 is 1.86 bits per heavy atom. The molecule has 0 heterocycles. The van der Waals surface area contributed by atoms with Crippen molar-refractivity contribution in [1.29, 1.82) is 0 Å². The number of ether oxygens (including phenoxy) is 1. The van der Waals surface area contributed by atoms with E-state index in [1.165, 1.54) is 0 Å². The van der Waals surface area contributed by atoms with E-state index in [0.29, 0.717) is 0 Å². The normalized spacial score (nSPS) is 14.6. The summed E-state index contributed by atoms with van der Waals surface area (Å²) in [4.78, 5) is 0. The van der Waals surface area contributed by atoms with Crippen LogP contribution in [0.2, 0.25) is 0 Å². The Morgan fingerprint density at radius 1 is 1.43 bits per heavy atom. The first-order valence-electron chi connectivity index (χ1n) is 2.92. The second-order valence-electron chi connectivity index (χ2n) is 2.00. The summed E-state index contributed by atoms with van der Waals surface area (Å²) in [6.45, 7) is -0.815. The fourth-order valence-electron chi connectivity index (χ4n) is 0.406. The second-order valence-corrected chi connectivity index (χ2v) is 3.01. The third-order valence-corrected chi connectivity index (χ3v) is 1.24. The molecule has 0 saturated heterocycles. The Hall–Kier alpha value is 0.217. The summed E-state index contributed by atoms with van der Waals surface area (Å²) in [5.74, 6) is 0. The van der Waals surface area contributed by atoms with Crippen molar-refractivity contribution in [2.75, 3.05) is 6.61 Å². The molecule has 0 bridgehead atoms. The van der Waals surface area contributed by atoms with Crippen molar-refractivity contribution in [2.24, 2.45) is 0 Å². The summed E-state index contributed by atoms with van der Waals surface area (Å²) in [6.07, 6.45) is -6.34. The third kappa shape index (κ3) is 12.2. The summed E-state index contributed by atoms with van der Waals surface area (Å²) in [5.41, 5.74) is 0. The molecule has 0 aromatic carbocycles. The molecule has 80 valence electrons. The van der Waals surface area contributed by atoms with Crippen LogP contribution < -0.4 is 18.9 Å².